The molecule has 1 aliphatic heterocycles. The molecule has 1 fully saturated rings. The van der Waals surface area contributed by atoms with Gasteiger partial charge in [0.1, 0.15) is 24.2 Å². The van der Waals surface area contributed by atoms with Crippen molar-refractivity contribution >= 4 is 37.0 Å². The minimum absolute atomic E-state index is 0.00897. The summed E-state index contributed by atoms with van der Waals surface area (Å²) in [6, 6.07) is 9.85. The maximum absolute atomic E-state index is 13.1. The van der Waals surface area contributed by atoms with Crippen molar-refractivity contribution in [2.24, 2.45) is 0 Å². The molecule has 1 heterocycles. The van der Waals surface area contributed by atoms with Crippen molar-refractivity contribution in [1.82, 2.24) is 4.90 Å². The Hall–Kier alpha value is -2.88. The van der Waals surface area contributed by atoms with E-state index in [9.17, 15) is 9.59 Å². The number of hydrogen-bond acceptors (Lipinski definition) is 7. The van der Waals surface area contributed by atoms with E-state index in [1.165, 1.54) is 19.1 Å². The van der Waals surface area contributed by atoms with E-state index in [4.69, 9.17) is 23.7 Å². The van der Waals surface area contributed by atoms with Gasteiger partial charge in [0.05, 0.1) is 27.4 Å². The monoisotopic (exact) mass is 515 g/mol. The molecule has 1 aliphatic rings. The summed E-state index contributed by atoms with van der Waals surface area (Å²) in [5.41, 5.74) is 0.689. The Bertz CT molecular complexity index is 1110. The summed E-state index contributed by atoms with van der Waals surface area (Å²) in [5, 5.41) is 1.93. The summed E-state index contributed by atoms with van der Waals surface area (Å²) in [5.74, 6) is 0.217. The van der Waals surface area contributed by atoms with Crippen molar-refractivity contribution in [3.8, 4) is 5.75 Å². The number of fused-ring (bicyclic) bond motifs is 1. The third-order valence-electron chi connectivity index (χ3n) is 6.50. The summed E-state index contributed by atoms with van der Waals surface area (Å²) < 4.78 is 27.6. The lowest BCUT2D eigenvalue weighted by Gasteiger charge is -2.30. The number of carbonyl (C=O) groups excluding carboxylic acids is 2. The van der Waals surface area contributed by atoms with Gasteiger partial charge in [-0.2, -0.15) is 0 Å². The number of rotatable bonds is 10. The van der Waals surface area contributed by atoms with Gasteiger partial charge in [0.15, 0.2) is 0 Å². The van der Waals surface area contributed by atoms with Crippen LogP contribution in [0, 0.1) is 0 Å². The Morgan fingerprint density at radius 3 is 2.50 bits per heavy atom. The van der Waals surface area contributed by atoms with Gasteiger partial charge in [0.25, 0.3) is 0 Å². The molecule has 2 aromatic rings. The van der Waals surface area contributed by atoms with E-state index in [1.807, 2.05) is 30.3 Å². The molecule has 8 nitrogen and oxygen atoms in total. The highest BCUT2D eigenvalue weighted by Crippen LogP contribution is 2.42. The average Bonchev–Trinajstić information content (AvgIpc) is 3.26. The summed E-state index contributed by atoms with van der Waals surface area (Å²) in [7, 11) is 3.08. The van der Waals surface area contributed by atoms with Crippen LogP contribution >= 0.6 is 0 Å². The van der Waals surface area contributed by atoms with Gasteiger partial charge in [0.2, 0.25) is 0 Å². The van der Waals surface area contributed by atoms with Crippen molar-refractivity contribution in [2.75, 3.05) is 41.3 Å². The van der Waals surface area contributed by atoms with Gasteiger partial charge in [-0.05, 0) is 40.6 Å². The summed E-state index contributed by atoms with van der Waals surface area (Å²) >= 11 is 0. The lowest BCUT2D eigenvalue weighted by Crippen LogP contribution is -2.42. The number of methoxy groups -OCH3 is 3. The van der Waals surface area contributed by atoms with Crippen molar-refractivity contribution in [1.29, 1.82) is 0 Å². The normalized spacial score (nSPS) is 19.8. The third kappa shape index (κ3) is 6.08. The molecule has 0 spiro atoms. The first kappa shape index (κ1) is 27.7. The zero-order valence-corrected chi connectivity index (χ0v) is 23.1. The van der Waals surface area contributed by atoms with Crippen LogP contribution in [-0.2, 0) is 29.3 Å². The predicted molar refractivity (Wildman–Crippen MR) is 142 cm³/mol. The van der Waals surface area contributed by atoms with E-state index in [0.29, 0.717) is 6.61 Å². The zero-order chi connectivity index (χ0) is 26.5. The number of amides is 1. The molecule has 3 rings (SSSR count). The molecule has 0 radical (unpaired) electrons. The number of nitrogens with zero attached hydrogens (tertiary/aromatic N) is 1. The molecule has 2 aromatic carbocycles. The van der Waals surface area contributed by atoms with Crippen molar-refractivity contribution < 1.29 is 33.3 Å². The first-order valence-corrected chi connectivity index (χ1v) is 15.7. The van der Waals surface area contributed by atoms with E-state index in [1.54, 1.807) is 13.2 Å². The van der Waals surface area contributed by atoms with E-state index in [2.05, 4.69) is 26.2 Å². The average molecular weight is 516 g/mol. The van der Waals surface area contributed by atoms with Crippen molar-refractivity contribution in [2.45, 2.75) is 43.7 Å². The Balaban J connectivity index is 2.00. The van der Waals surface area contributed by atoms with Crippen molar-refractivity contribution in [3.05, 3.63) is 48.0 Å². The van der Waals surface area contributed by atoms with Crippen LogP contribution in [0.25, 0.3) is 16.8 Å². The highest BCUT2D eigenvalue weighted by atomic mass is 28.3. The van der Waals surface area contributed by atoms with Gasteiger partial charge in [-0.1, -0.05) is 44.4 Å². The molecule has 196 valence electrons. The fourth-order valence-electron chi connectivity index (χ4n) is 4.42. The fourth-order valence-corrected chi connectivity index (χ4v) is 5.14. The van der Waals surface area contributed by atoms with E-state index in [0.717, 1.165) is 33.7 Å². The van der Waals surface area contributed by atoms with Crippen LogP contribution in [0.3, 0.4) is 0 Å². The molecule has 0 aliphatic carbocycles. The van der Waals surface area contributed by atoms with Crippen LogP contribution in [0.15, 0.2) is 36.9 Å². The lowest BCUT2D eigenvalue weighted by atomic mass is 9.89. The van der Waals surface area contributed by atoms with Crippen LogP contribution in [0.4, 0.5) is 4.79 Å². The molecule has 2 atom stereocenters. The Kier molecular flexibility index (Phi) is 8.81. The Labute approximate surface area is 214 Å². The predicted octanol–water partition coefficient (Wildman–Crippen LogP) is 5.03. The zero-order valence-electron chi connectivity index (χ0n) is 22.1. The van der Waals surface area contributed by atoms with E-state index < -0.39 is 31.8 Å². The molecule has 0 bridgehead atoms. The smallest absolute Gasteiger partial charge is 0.410 e. The first-order chi connectivity index (χ1) is 17.1. The topological polar surface area (TPSA) is 83.5 Å². The number of benzene rings is 2. The maximum atomic E-state index is 13.1. The molecular formula is C27H37NO7Si. The van der Waals surface area contributed by atoms with Crippen LogP contribution < -0.4 is 4.74 Å². The van der Waals surface area contributed by atoms with Gasteiger partial charge >= 0.3 is 12.1 Å². The minimum Gasteiger partial charge on any atom is -0.496 e. The molecule has 36 heavy (non-hydrogen) atoms. The third-order valence-corrected chi connectivity index (χ3v) is 8.20. The summed E-state index contributed by atoms with van der Waals surface area (Å²) in [6.45, 7) is 10.9. The number of ether oxygens (including phenoxy) is 5. The molecule has 0 aromatic heterocycles. The second-order valence-corrected chi connectivity index (χ2v) is 15.8. The quantitative estimate of drug-likeness (QED) is 0.249. The summed E-state index contributed by atoms with van der Waals surface area (Å²) in [6.07, 6.45) is 1.40. The molecule has 1 amide bonds. The number of carbonyl (C=O) groups is 2. The first-order valence-electron chi connectivity index (χ1n) is 12.0. The van der Waals surface area contributed by atoms with Gasteiger partial charge in [-0.15, -0.1) is 0 Å². The molecular weight excluding hydrogens is 478 g/mol. The summed E-state index contributed by atoms with van der Waals surface area (Å²) in [4.78, 5) is 27.3. The van der Waals surface area contributed by atoms with Gasteiger partial charge < -0.3 is 23.7 Å². The fraction of sp³-hybridized carbons (Fsp3) is 0.481. The second kappa shape index (κ2) is 11.4. The maximum Gasteiger partial charge on any atom is 0.410 e. The Morgan fingerprint density at radius 1 is 1.14 bits per heavy atom. The standard InChI is InChI=1S/C27H37NO7Si/c1-8-19-13-21-14-22(10-9-20(21)15-24(19)32-3)27(35-18-31-2)16-23(25(29)33-4)28(17-27)26(30)34-11-12-36(5,6)7/h8-10,13-15,23H,1,11-12,16-18H2,2-7H3/t23-,27-/m0/s1. The molecule has 0 saturated carbocycles. The Morgan fingerprint density at radius 2 is 1.89 bits per heavy atom. The van der Waals surface area contributed by atoms with Crippen LogP contribution in [0.1, 0.15) is 17.5 Å². The van der Waals surface area contributed by atoms with Gasteiger partial charge in [0, 0.05) is 27.2 Å². The second-order valence-electron chi connectivity index (χ2n) is 10.2. The highest BCUT2D eigenvalue weighted by molar-refractivity contribution is 6.76. The SMILES string of the molecule is C=Cc1cc2cc([C@]3(OCOC)C[C@@H](C(=O)OC)N(C(=O)OCC[Si](C)(C)C)C3)ccc2cc1OC. The van der Waals surface area contributed by atoms with E-state index in [-0.39, 0.29) is 19.8 Å². The molecule has 0 N–H and O–H groups in total. The molecule has 1 saturated heterocycles. The van der Waals surface area contributed by atoms with Crippen LogP contribution in [0.5, 0.6) is 5.75 Å². The number of hydrogen-bond donors (Lipinski definition) is 0. The number of esters is 1. The van der Waals surface area contributed by atoms with Crippen LogP contribution in [-0.4, -0.2) is 72.4 Å². The van der Waals surface area contributed by atoms with Gasteiger partial charge in [-0.3, -0.25) is 4.90 Å². The number of likely N-dealkylation sites (tertiary alicyclic amines) is 1. The van der Waals surface area contributed by atoms with Gasteiger partial charge in [-0.25, -0.2) is 9.59 Å². The highest BCUT2D eigenvalue weighted by Gasteiger charge is 2.52. The van der Waals surface area contributed by atoms with Crippen LogP contribution in [0.2, 0.25) is 25.7 Å². The van der Waals surface area contributed by atoms with E-state index >= 15 is 0 Å². The largest absolute Gasteiger partial charge is 0.496 e. The van der Waals surface area contributed by atoms with Crippen molar-refractivity contribution in [3.63, 3.8) is 0 Å². The molecule has 0 unspecified atom stereocenters. The minimum atomic E-state index is -1.39. The lowest BCUT2D eigenvalue weighted by molar-refractivity contribution is -0.147. The molecule has 9 heteroatoms.